The van der Waals surface area contributed by atoms with Crippen molar-refractivity contribution in [2.45, 2.75) is 64.0 Å². The van der Waals surface area contributed by atoms with Crippen LogP contribution in [0.4, 0.5) is 14.9 Å². The van der Waals surface area contributed by atoms with E-state index >= 15 is 4.39 Å². The predicted octanol–water partition coefficient (Wildman–Crippen LogP) is 5.36. The van der Waals surface area contributed by atoms with Crippen molar-refractivity contribution < 1.29 is 23.5 Å². The van der Waals surface area contributed by atoms with Gasteiger partial charge in [-0.1, -0.05) is 30.3 Å². The molecule has 5 rings (SSSR count). The molecule has 1 spiro atoms. The fourth-order valence-electron chi connectivity index (χ4n) is 6.20. The number of piperidine rings is 2. The van der Waals surface area contributed by atoms with Crippen molar-refractivity contribution in [3.8, 4) is 5.75 Å². The molecule has 0 saturated carbocycles. The number of ether oxygens (including phenoxy) is 2. The first-order valence-electron chi connectivity index (χ1n) is 14.1. The fourth-order valence-corrected chi connectivity index (χ4v) is 6.20. The largest absolute Gasteiger partial charge is 0.491 e. The van der Waals surface area contributed by atoms with Crippen LogP contribution >= 0.6 is 0 Å². The average Bonchev–Trinajstić information content (AvgIpc) is 3.12. The van der Waals surface area contributed by atoms with E-state index in [0.29, 0.717) is 55.5 Å². The summed E-state index contributed by atoms with van der Waals surface area (Å²) in [5, 5.41) is 0. The number of carbonyl (C=O) groups excluding carboxylic acids is 2. The molecule has 3 aliphatic rings. The van der Waals surface area contributed by atoms with Gasteiger partial charge in [-0.25, -0.2) is 9.18 Å². The van der Waals surface area contributed by atoms with Crippen molar-refractivity contribution in [3.63, 3.8) is 0 Å². The Hall–Kier alpha value is -3.13. The second-order valence-corrected chi connectivity index (χ2v) is 12.2. The van der Waals surface area contributed by atoms with Gasteiger partial charge in [0.2, 0.25) is 5.91 Å². The van der Waals surface area contributed by atoms with E-state index in [1.54, 1.807) is 22.9 Å². The van der Waals surface area contributed by atoms with E-state index in [4.69, 9.17) is 9.47 Å². The second-order valence-electron chi connectivity index (χ2n) is 12.2. The van der Waals surface area contributed by atoms with Crippen LogP contribution < -0.4 is 9.64 Å². The number of fused-ring (bicyclic) bond motifs is 2. The lowest BCUT2D eigenvalue weighted by Gasteiger charge is -2.38. The molecule has 0 aliphatic carbocycles. The van der Waals surface area contributed by atoms with Gasteiger partial charge in [-0.05, 0) is 83.2 Å². The Labute approximate surface area is 230 Å². The van der Waals surface area contributed by atoms with Crippen LogP contribution in [0.3, 0.4) is 0 Å². The van der Waals surface area contributed by atoms with E-state index < -0.39 is 22.9 Å². The molecule has 0 bridgehead atoms. The molecule has 2 aromatic carbocycles. The summed E-state index contributed by atoms with van der Waals surface area (Å²) in [4.78, 5) is 31.8. The molecule has 0 aromatic heterocycles. The molecule has 8 heteroatoms. The molecule has 0 atom stereocenters. The highest BCUT2D eigenvalue weighted by Gasteiger charge is 2.54. The zero-order valence-corrected chi connectivity index (χ0v) is 23.5. The van der Waals surface area contributed by atoms with Crippen LogP contribution in [0, 0.1) is 11.7 Å². The Morgan fingerprint density at radius 3 is 2.33 bits per heavy atom. The zero-order valence-electron chi connectivity index (χ0n) is 23.5. The van der Waals surface area contributed by atoms with Gasteiger partial charge in [0.05, 0.1) is 17.7 Å². The summed E-state index contributed by atoms with van der Waals surface area (Å²) >= 11 is 0. The van der Waals surface area contributed by atoms with Crippen molar-refractivity contribution in [1.29, 1.82) is 0 Å². The standard InChI is InChI=1S/C31H40FN3O4/c1-30(2,3)39-29(37)35-18-14-31(15-19-35)26-24(32)10-11-25(27(26)33(4)28(31)36)38-21-23-12-16-34(17-13-23)20-22-8-6-5-7-9-22/h5-11,23H,12-21H2,1-4H3. The number of likely N-dealkylation sites (tertiary alicyclic amines) is 2. The minimum atomic E-state index is -0.991. The topological polar surface area (TPSA) is 62.3 Å². The summed E-state index contributed by atoms with van der Waals surface area (Å²) in [6, 6.07) is 13.6. The van der Waals surface area contributed by atoms with Crippen LogP contribution in [0.25, 0.3) is 0 Å². The average molecular weight is 538 g/mol. The normalized spacial score (nSPS) is 19.9. The molecule has 3 heterocycles. The maximum absolute atomic E-state index is 15.4. The van der Waals surface area contributed by atoms with Gasteiger partial charge in [0.1, 0.15) is 17.2 Å². The van der Waals surface area contributed by atoms with Crippen LogP contribution in [0.2, 0.25) is 0 Å². The molecule has 0 unspecified atom stereocenters. The van der Waals surface area contributed by atoms with Crippen LogP contribution in [0.1, 0.15) is 57.6 Å². The van der Waals surface area contributed by atoms with E-state index in [9.17, 15) is 9.59 Å². The van der Waals surface area contributed by atoms with Gasteiger partial charge in [-0.15, -0.1) is 0 Å². The molecule has 2 amide bonds. The van der Waals surface area contributed by atoms with Gasteiger partial charge in [-0.3, -0.25) is 9.69 Å². The molecule has 2 saturated heterocycles. The van der Waals surface area contributed by atoms with Crippen molar-refractivity contribution >= 4 is 17.7 Å². The van der Waals surface area contributed by atoms with Gasteiger partial charge in [-0.2, -0.15) is 0 Å². The lowest BCUT2D eigenvalue weighted by atomic mass is 9.73. The highest BCUT2D eigenvalue weighted by Crippen LogP contribution is 2.52. The van der Waals surface area contributed by atoms with Crippen molar-refractivity contribution in [3.05, 3.63) is 59.4 Å². The van der Waals surface area contributed by atoms with Crippen LogP contribution in [0.15, 0.2) is 42.5 Å². The van der Waals surface area contributed by atoms with E-state index in [0.717, 1.165) is 32.5 Å². The SMILES string of the molecule is CN1C(=O)C2(CCN(C(=O)OC(C)(C)C)CC2)c2c(F)ccc(OCC3CCN(Cc4ccccc4)CC3)c21. The second kappa shape index (κ2) is 10.8. The molecule has 2 fully saturated rings. The van der Waals surface area contributed by atoms with E-state index in [2.05, 4.69) is 29.2 Å². The van der Waals surface area contributed by atoms with Gasteiger partial charge < -0.3 is 19.3 Å². The lowest BCUT2D eigenvalue weighted by Crippen LogP contribution is -2.50. The monoisotopic (exact) mass is 537 g/mol. The Balaban J connectivity index is 1.24. The third-order valence-electron chi connectivity index (χ3n) is 8.32. The Bertz CT molecular complexity index is 1200. The van der Waals surface area contributed by atoms with E-state index in [1.165, 1.54) is 11.6 Å². The Kier molecular flexibility index (Phi) is 7.60. The summed E-state index contributed by atoms with van der Waals surface area (Å²) in [6.07, 6.45) is 2.37. The third kappa shape index (κ3) is 5.62. The summed E-state index contributed by atoms with van der Waals surface area (Å²) in [7, 11) is 1.70. The number of hydrogen-bond acceptors (Lipinski definition) is 5. The number of amides is 2. The zero-order chi connectivity index (χ0) is 27.8. The molecular formula is C31H40FN3O4. The molecular weight excluding hydrogens is 497 g/mol. The first-order chi connectivity index (χ1) is 18.6. The molecule has 3 aliphatic heterocycles. The summed E-state index contributed by atoms with van der Waals surface area (Å²) in [5.41, 5.74) is 0.683. The summed E-state index contributed by atoms with van der Waals surface area (Å²) < 4.78 is 27.2. The van der Waals surface area contributed by atoms with Gasteiger partial charge in [0, 0.05) is 32.2 Å². The maximum Gasteiger partial charge on any atom is 0.410 e. The smallest absolute Gasteiger partial charge is 0.410 e. The highest BCUT2D eigenvalue weighted by molar-refractivity contribution is 6.09. The van der Waals surface area contributed by atoms with Gasteiger partial charge in [0.25, 0.3) is 0 Å². The highest BCUT2D eigenvalue weighted by atomic mass is 19.1. The van der Waals surface area contributed by atoms with E-state index in [-0.39, 0.29) is 5.91 Å². The summed E-state index contributed by atoms with van der Waals surface area (Å²) in [6.45, 7) is 9.67. The Morgan fingerprint density at radius 2 is 1.69 bits per heavy atom. The van der Waals surface area contributed by atoms with Gasteiger partial charge >= 0.3 is 6.09 Å². The van der Waals surface area contributed by atoms with Crippen LogP contribution in [-0.2, 0) is 21.5 Å². The van der Waals surface area contributed by atoms with Gasteiger partial charge in [0.15, 0.2) is 0 Å². The van der Waals surface area contributed by atoms with Crippen molar-refractivity contribution in [2.75, 3.05) is 44.7 Å². The predicted molar refractivity (Wildman–Crippen MR) is 148 cm³/mol. The number of likely N-dealkylation sites (N-methyl/N-ethyl adjacent to an activating group) is 1. The lowest BCUT2D eigenvalue weighted by molar-refractivity contribution is -0.124. The van der Waals surface area contributed by atoms with E-state index in [1.807, 2.05) is 26.8 Å². The Morgan fingerprint density at radius 1 is 1.03 bits per heavy atom. The number of halogens is 1. The number of carbonyl (C=O) groups is 2. The van der Waals surface area contributed by atoms with Crippen LogP contribution in [-0.4, -0.2) is 67.2 Å². The minimum Gasteiger partial charge on any atom is -0.491 e. The first-order valence-corrected chi connectivity index (χ1v) is 14.1. The number of benzene rings is 2. The summed E-state index contributed by atoms with van der Waals surface area (Å²) in [5.74, 6) is 0.437. The fraction of sp³-hybridized carbons (Fsp3) is 0.548. The number of anilines is 1. The number of rotatable bonds is 5. The number of nitrogens with zero attached hydrogens (tertiary/aromatic N) is 3. The molecule has 0 N–H and O–H groups in total. The van der Waals surface area contributed by atoms with Crippen molar-refractivity contribution in [2.24, 2.45) is 5.92 Å². The van der Waals surface area contributed by atoms with Crippen molar-refractivity contribution in [1.82, 2.24) is 9.80 Å². The minimum absolute atomic E-state index is 0.134. The first kappa shape index (κ1) is 27.4. The molecule has 2 aromatic rings. The molecule has 210 valence electrons. The number of hydrogen-bond donors (Lipinski definition) is 0. The third-order valence-corrected chi connectivity index (χ3v) is 8.32. The molecule has 39 heavy (non-hydrogen) atoms. The molecule has 7 nitrogen and oxygen atoms in total. The maximum atomic E-state index is 15.4. The van der Waals surface area contributed by atoms with Crippen LogP contribution in [0.5, 0.6) is 5.75 Å². The quantitative estimate of drug-likeness (QED) is 0.514. The molecule has 0 radical (unpaired) electrons.